The van der Waals surface area contributed by atoms with Gasteiger partial charge in [-0.15, -0.1) is 0 Å². The standard InChI is InChI=1S/C19H23N3O4/c1-4-25-19(24)18-14-10-22(9-8-15(14)20-21-18)17(23)11-26-16-7-5-6-12(2)13(16)3/h5-7H,4,8-11H2,1-3H3,(H,20,21). The predicted molar refractivity (Wildman–Crippen MR) is 95.1 cm³/mol. The molecule has 0 radical (unpaired) electrons. The molecular weight excluding hydrogens is 334 g/mol. The van der Waals surface area contributed by atoms with Gasteiger partial charge in [-0.1, -0.05) is 12.1 Å². The molecule has 1 aromatic carbocycles. The van der Waals surface area contributed by atoms with Crippen LogP contribution in [-0.4, -0.2) is 46.7 Å². The van der Waals surface area contributed by atoms with E-state index in [1.165, 1.54) is 0 Å². The highest BCUT2D eigenvalue weighted by atomic mass is 16.5. The van der Waals surface area contributed by atoms with Crippen LogP contribution < -0.4 is 4.74 Å². The van der Waals surface area contributed by atoms with Gasteiger partial charge in [0.2, 0.25) is 0 Å². The van der Waals surface area contributed by atoms with E-state index < -0.39 is 5.97 Å². The molecule has 0 spiro atoms. The monoisotopic (exact) mass is 357 g/mol. The molecule has 0 atom stereocenters. The minimum atomic E-state index is -0.467. The maximum Gasteiger partial charge on any atom is 0.359 e. The Balaban J connectivity index is 1.66. The van der Waals surface area contributed by atoms with E-state index in [1.807, 2.05) is 32.0 Å². The molecule has 1 N–H and O–H groups in total. The Bertz CT molecular complexity index is 828. The number of aryl methyl sites for hydroxylation is 1. The van der Waals surface area contributed by atoms with E-state index in [1.54, 1.807) is 11.8 Å². The molecule has 0 saturated carbocycles. The van der Waals surface area contributed by atoms with E-state index >= 15 is 0 Å². The van der Waals surface area contributed by atoms with E-state index in [4.69, 9.17) is 9.47 Å². The number of carbonyl (C=O) groups is 2. The summed E-state index contributed by atoms with van der Waals surface area (Å²) < 4.78 is 10.7. The second kappa shape index (κ2) is 7.59. The van der Waals surface area contributed by atoms with Crippen LogP contribution in [0.5, 0.6) is 5.75 Å². The van der Waals surface area contributed by atoms with Gasteiger partial charge in [0, 0.05) is 24.2 Å². The maximum absolute atomic E-state index is 12.6. The summed E-state index contributed by atoms with van der Waals surface area (Å²) in [6, 6.07) is 5.78. The molecule has 0 saturated heterocycles. The zero-order valence-electron chi connectivity index (χ0n) is 15.3. The number of hydrogen-bond donors (Lipinski definition) is 1. The first-order valence-electron chi connectivity index (χ1n) is 8.71. The van der Waals surface area contributed by atoms with E-state index in [0.29, 0.717) is 25.3 Å². The number of ether oxygens (including phenoxy) is 2. The number of nitrogens with zero attached hydrogens (tertiary/aromatic N) is 2. The van der Waals surface area contributed by atoms with Gasteiger partial charge in [-0.05, 0) is 38.0 Å². The van der Waals surface area contributed by atoms with Crippen molar-refractivity contribution in [3.05, 3.63) is 46.3 Å². The number of nitrogens with one attached hydrogen (secondary N) is 1. The van der Waals surface area contributed by atoms with Crippen molar-refractivity contribution in [3.63, 3.8) is 0 Å². The lowest BCUT2D eigenvalue weighted by molar-refractivity contribution is -0.134. The number of H-pyrrole nitrogens is 1. The number of carbonyl (C=O) groups excluding carboxylic acids is 2. The van der Waals surface area contributed by atoms with Crippen molar-refractivity contribution in [1.82, 2.24) is 15.1 Å². The Labute approximate surface area is 152 Å². The molecule has 0 unspecified atom stereocenters. The Morgan fingerprint density at radius 3 is 2.88 bits per heavy atom. The fourth-order valence-electron chi connectivity index (χ4n) is 2.99. The lowest BCUT2D eigenvalue weighted by Gasteiger charge is -2.27. The molecule has 1 amide bonds. The van der Waals surface area contributed by atoms with Gasteiger partial charge < -0.3 is 14.4 Å². The number of fused-ring (bicyclic) bond motifs is 1. The second-order valence-corrected chi connectivity index (χ2v) is 6.30. The molecule has 2 heterocycles. The van der Waals surface area contributed by atoms with Crippen LogP contribution in [0.25, 0.3) is 0 Å². The molecule has 3 rings (SSSR count). The number of amides is 1. The fourth-order valence-corrected chi connectivity index (χ4v) is 2.99. The lowest BCUT2D eigenvalue weighted by atomic mass is 10.1. The number of rotatable bonds is 5. The summed E-state index contributed by atoms with van der Waals surface area (Å²) in [5.41, 5.74) is 4.02. The molecule has 138 valence electrons. The predicted octanol–water partition coefficient (Wildman–Crippen LogP) is 2.17. The minimum absolute atomic E-state index is 0.0355. The maximum atomic E-state index is 12.6. The molecule has 0 bridgehead atoms. The van der Waals surface area contributed by atoms with Crippen molar-refractivity contribution >= 4 is 11.9 Å². The van der Waals surface area contributed by atoms with Crippen LogP contribution >= 0.6 is 0 Å². The number of benzene rings is 1. The Kier molecular flexibility index (Phi) is 5.25. The minimum Gasteiger partial charge on any atom is -0.483 e. The number of aromatic amines is 1. The third-order valence-corrected chi connectivity index (χ3v) is 4.66. The molecule has 2 aromatic rings. The van der Waals surface area contributed by atoms with Crippen LogP contribution in [0.3, 0.4) is 0 Å². The van der Waals surface area contributed by atoms with Crippen molar-refractivity contribution in [2.24, 2.45) is 0 Å². The average molecular weight is 357 g/mol. The zero-order chi connectivity index (χ0) is 18.7. The van der Waals surface area contributed by atoms with Gasteiger partial charge in [0.25, 0.3) is 5.91 Å². The van der Waals surface area contributed by atoms with E-state index in [0.717, 1.165) is 22.4 Å². The van der Waals surface area contributed by atoms with Gasteiger partial charge in [0.05, 0.1) is 13.2 Å². The largest absolute Gasteiger partial charge is 0.483 e. The van der Waals surface area contributed by atoms with E-state index in [2.05, 4.69) is 10.2 Å². The molecular formula is C19H23N3O4. The smallest absolute Gasteiger partial charge is 0.359 e. The highest BCUT2D eigenvalue weighted by Crippen LogP contribution is 2.23. The first-order valence-corrected chi connectivity index (χ1v) is 8.71. The number of aromatic nitrogens is 2. The van der Waals surface area contributed by atoms with Gasteiger partial charge in [0.15, 0.2) is 12.3 Å². The molecule has 7 heteroatoms. The fraction of sp³-hybridized carbons (Fsp3) is 0.421. The zero-order valence-corrected chi connectivity index (χ0v) is 15.3. The summed E-state index contributed by atoms with van der Waals surface area (Å²) in [7, 11) is 0. The Morgan fingerprint density at radius 1 is 1.31 bits per heavy atom. The van der Waals surface area contributed by atoms with Gasteiger partial charge in [-0.25, -0.2) is 4.79 Å². The number of esters is 1. The third kappa shape index (κ3) is 3.56. The topological polar surface area (TPSA) is 84.5 Å². The SMILES string of the molecule is CCOC(=O)c1n[nH]c2c1CN(C(=O)COc1cccc(C)c1C)CC2. The van der Waals surface area contributed by atoms with Crippen LogP contribution in [0.2, 0.25) is 0 Å². The van der Waals surface area contributed by atoms with Crippen LogP contribution in [0.1, 0.15) is 39.8 Å². The lowest BCUT2D eigenvalue weighted by Crippen LogP contribution is -2.39. The summed E-state index contributed by atoms with van der Waals surface area (Å²) in [5, 5.41) is 6.93. The Morgan fingerprint density at radius 2 is 2.12 bits per heavy atom. The molecule has 26 heavy (non-hydrogen) atoms. The van der Waals surface area contributed by atoms with Crippen molar-refractivity contribution in [2.45, 2.75) is 33.7 Å². The molecule has 0 fully saturated rings. The molecule has 1 aliphatic heterocycles. The van der Waals surface area contributed by atoms with Crippen molar-refractivity contribution in [3.8, 4) is 5.75 Å². The van der Waals surface area contributed by atoms with Crippen LogP contribution in [0.4, 0.5) is 0 Å². The third-order valence-electron chi connectivity index (χ3n) is 4.66. The summed E-state index contributed by atoms with van der Waals surface area (Å²) in [6.07, 6.45) is 0.622. The number of hydrogen-bond acceptors (Lipinski definition) is 5. The first kappa shape index (κ1) is 18.0. The van der Waals surface area contributed by atoms with Gasteiger partial charge in [0.1, 0.15) is 5.75 Å². The normalized spacial score (nSPS) is 13.3. The molecule has 0 aliphatic carbocycles. The van der Waals surface area contributed by atoms with Crippen LogP contribution in [0, 0.1) is 13.8 Å². The molecule has 1 aliphatic rings. The van der Waals surface area contributed by atoms with Gasteiger partial charge in [-0.3, -0.25) is 9.89 Å². The first-order chi connectivity index (χ1) is 12.5. The highest BCUT2D eigenvalue weighted by Gasteiger charge is 2.28. The molecule has 7 nitrogen and oxygen atoms in total. The van der Waals surface area contributed by atoms with E-state index in [-0.39, 0.29) is 24.8 Å². The van der Waals surface area contributed by atoms with E-state index in [9.17, 15) is 9.59 Å². The summed E-state index contributed by atoms with van der Waals surface area (Å²) >= 11 is 0. The van der Waals surface area contributed by atoms with Gasteiger partial charge in [-0.2, -0.15) is 5.10 Å². The highest BCUT2D eigenvalue weighted by molar-refractivity contribution is 5.89. The summed E-state index contributed by atoms with van der Waals surface area (Å²) in [4.78, 5) is 26.2. The van der Waals surface area contributed by atoms with Crippen molar-refractivity contribution in [2.75, 3.05) is 19.8 Å². The second-order valence-electron chi connectivity index (χ2n) is 6.30. The van der Waals surface area contributed by atoms with Crippen LogP contribution in [-0.2, 0) is 22.5 Å². The summed E-state index contributed by atoms with van der Waals surface area (Å²) in [5.74, 6) is 0.130. The van der Waals surface area contributed by atoms with Gasteiger partial charge >= 0.3 is 5.97 Å². The molecule has 1 aromatic heterocycles. The van der Waals surface area contributed by atoms with Crippen LogP contribution in [0.15, 0.2) is 18.2 Å². The summed E-state index contributed by atoms with van der Waals surface area (Å²) in [6.45, 7) is 6.86. The quantitative estimate of drug-likeness (QED) is 0.829. The van der Waals surface area contributed by atoms with Crippen molar-refractivity contribution < 1.29 is 19.1 Å². The Hall–Kier alpha value is -2.83. The van der Waals surface area contributed by atoms with Crippen molar-refractivity contribution in [1.29, 1.82) is 0 Å². The average Bonchev–Trinajstić information content (AvgIpc) is 3.06.